The van der Waals surface area contributed by atoms with E-state index in [4.69, 9.17) is 16.6 Å². The molecular weight excluding hydrogens is 382 g/mol. The maximum atomic E-state index is 12.4. The molecule has 5 heteroatoms. The first kappa shape index (κ1) is 19.2. The molecule has 0 atom stereocenters. The lowest BCUT2D eigenvalue weighted by Crippen LogP contribution is -2.26. The smallest absolute Gasteiger partial charge is 0.251 e. The molecule has 0 bridgehead atoms. The number of nitrogens with one attached hydrogen (secondary N) is 1. The highest BCUT2D eigenvalue weighted by atomic mass is 35.5. The van der Waals surface area contributed by atoms with E-state index in [-0.39, 0.29) is 5.91 Å². The van der Waals surface area contributed by atoms with Crippen molar-refractivity contribution < 1.29 is 4.79 Å². The number of aryl methyl sites for hydroxylation is 1. The Hall–Kier alpha value is -3.11. The van der Waals surface area contributed by atoms with Crippen LogP contribution in [0.3, 0.4) is 0 Å². The largest absolute Gasteiger partial charge is 0.352 e. The van der Waals surface area contributed by atoms with Crippen LogP contribution in [0.4, 0.5) is 0 Å². The van der Waals surface area contributed by atoms with Crippen molar-refractivity contribution in [1.82, 2.24) is 14.9 Å². The average Bonchev–Trinajstić information content (AvgIpc) is 3.07. The highest BCUT2D eigenvalue weighted by Gasteiger charge is 2.12. The van der Waals surface area contributed by atoms with E-state index in [1.165, 1.54) is 11.1 Å². The second-order valence-corrected chi connectivity index (χ2v) is 7.54. The quantitative estimate of drug-likeness (QED) is 0.491. The van der Waals surface area contributed by atoms with Crippen LogP contribution < -0.4 is 5.32 Å². The molecule has 0 spiro atoms. The number of imidazole rings is 1. The minimum atomic E-state index is -0.131. The Bertz CT molecular complexity index is 1150. The van der Waals surface area contributed by atoms with Crippen LogP contribution in [0.15, 0.2) is 72.8 Å². The third-order valence-electron chi connectivity index (χ3n) is 4.92. The van der Waals surface area contributed by atoms with Gasteiger partial charge in [-0.2, -0.15) is 0 Å². The van der Waals surface area contributed by atoms with Gasteiger partial charge in [0, 0.05) is 30.1 Å². The molecule has 0 aliphatic carbocycles. The minimum absolute atomic E-state index is 0.131. The Balaban J connectivity index is 1.52. The first-order valence-electron chi connectivity index (χ1n) is 9.63. The van der Waals surface area contributed by atoms with Gasteiger partial charge in [-0.1, -0.05) is 59.6 Å². The number of nitrogens with zero attached hydrogens (tertiary/aromatic N) is 2. The number of amides is 1. The van der Waals surface area contributed by atoms with Gasteiger partial charge in [0.2, 0.25) is 0 Å². The van der Waals surface area contributed by atoms with Crippen LogP contribution in [-0.4, -0.2) is 22.0 Å². The number of fused-ring (bicyclic) bond motifs is 1. The zero-order valence-electron chi connectivity index (χ0n) is 16.2. The summed E-state index contributed by atoms with van der Waals surface area (Å²) in [5, 5.41) is 3.52. The predicted molar refractivity (Wildman–Crippen MR) is 118 cm³/mol. The van der Waals surface area contributed by atoms with E-state index in [1.807, 2.05) is 18.2 Å². The molecule has 146 valence electrons. The molecular formula is C24H22ClN3O. The van der Waals surface area contributed by atoms with E-state index in [2.05, 4.69) is 47.1 Å². The van der Waals surface area contributed by atoms with Gasteiger partial charge in [0.05, 0.1) is 11.0 Å². The summed E-state index contributed by atoms with van der Waals surface area (Å²) in [6.45, 7) is 3.34. The normalized spacial score (nSPS) is 11.0. The van der Waals surface area contributed by atoms with Crippen LogP contribution >= 0.6 is 11.6 Å². The van der Waals surface area contributed by atoms with Crippen molar-refractivity contribution in [2.24, 2.45) is 0 Å². The lowest BCUT2D eigenvalue weighted by atomic mass is 10.1. The van der Waals surface area contributed by atoms with Gasteiger partial charge in [-0.25, -0.2) is 4.98 Å². The van der Waals surface area contributed by atoms with Gasteiger partial charge in [-0.3, -0.25) is 4.79 Å². The molecule has 0 saturated carbocycles. The first-order chi connectivity index (χ1) is 14.1. The molecule has 1 amide bonds. The summed E-state index contributed by atoms with van der Waals surface area (Å²) in [6.07, 6.45) is 0.646. The molecule has 4 rings (SSSR count). The summed E-state index contributed by atoms with van der Waals surface area (Å²) >= 11 is 5.98. The number of hydrogen-bond donors (Lipinski definition) is 1. The summed E-state index contributed by atoms with van der Waals surface area (Å²) in [7, 11) is 0. The summed E-state index contributed by atoms with van der Waals surface area (Å²) in [5.74, 6) is 0.826. The number of hydrogen-bond acceptors (Lipinski definition) is 2. The van der Waals surface area contributed by atoms with E-state index >= 15 is 0 Å². The third-order valence-corrected chi connectivity index (χ3v) is 5.15. The molecule has 0 fully saturated rings. The number of carbonyl (C=O) groups is 1. The van der Waals surface area contributed by atoms with Crippen molar-refractivity contribution in [2.45, 2.75) is 19.9 Å². The molecule has 0 unspecified atom stereocenters. The molecule has 4 aromatic rings. The van der Waals surface area contributed by atoms with Crippen molar-refractivity contribution in [3.8, 4) is 0 Å². The van der Waals surface area contributed by atoms with Gasteiger partial charge in [0.15, 0.2) is 0 Å². The molecule has 4 nitrogen and oxygen atoms in total. The van der Waals surface area contributed by atoms with Crippen molar-refractivity contribution in [1.29, 1.82) is 0 Å². The fourth-order valence-corrected chi connectivity index (χ4v) is 3.58. The molecule has 1 N–H and O–H groups in total. The maximum absolute atomic E-state index is 12.4. The van der Waals surface area contributed by atoms with E-state index in [0.29, 0.717) is 23.6 Å². The lowest BCUT2D eigenvalue weighted by molar-refractivity contribution is 0.0954. The van der Waals surface area contributed by atoms with E-state index in [1.54, 1.807) is 24.3 Å². The Morgan fingerprint density at radius 2 is 1.83 bits per heavy atom. The van der Waals surface area contributed by atoms with E-state index < -0.39 is 0 Å². The van der Waals surface area contributed by atoms with E-state index in [9.17, 15) is 4.79 Å². The number of halogens is 1. The molecule has 0 radical (unpaired) electrons. The molecule has 0 aliphatic heterocycles. The van der Waals surface area contributed by atoms with Gasteiger partial charge in [0.25, 0.3) is 5.91 Å². The molecule has 0 saturated heterocycles. The fraction of sp³-hybridized carbons (Fsp3) is 0.167. The summed E-state index contributed by atoms with van der Waals surface area (Å²) in [6, 6.07) is 23.6. The highest BCUT2D eigenvalue weighted by molar-refractivity contribution is 6.30. The van der Waals surface area contributed by atoms with Crippen molar-refractivity contribution in [2.75, 3.05) is 6.54 Å². The average molecular weight is 404 g/mol. The minimum Gasteiger partial charge on any atom is -0.352 e. The monoisotopic (exact) mass is 403 g/mol. The van der Waals surface area contributed by atoms with Crippen LogP contribution in [0.2, 0.25) is 5.02 Å². The van der Waals surface area contributed by atoms with Gasteiger partial charge < -0.3 is 9.88 Å². The molecule has 1 aromatic heterocycles. The van der Waals surface area contributed by atoms with Crippen molar-refractivity contribution in [3.63, 3.8) is 0 Å². The van der Waals surface area contributed by atoms with Crippen molar-refractivity contribution in [3.05, 3.63) is 100 Å². The summed E-state index contributed by atoms with van der Waals surface area (Å²) < 4.78 is 2.23. The van der Waals surface area contributed by atoms with Gasteiger partial charge in [-0.15, -0.1) is 0 Å². The second kappa shape index (κ2) is 8.50. The lowest BCUT2D eigenvalue weighted by Gasteiger charge is -2.11. The van der Waals surface area contributed by atoms with Crippen LogP contribution in [0, 0.1) is 6.92 Å². The number of rotatable bonds is 6. The number of benzene rings is 3. The Kier molecular flexibility index (Phi) is 5.63. The predicted octanol–water partition coefficient (Wildman–Crippen LogP) is 5.02. The SMILES string of the molecule is Cc1ccc(Cn2c(CCNC(=O)c3cccc(Cl)c3)nc3ccccc32)cc1. The molecule has 29 heavy (non-hydrogen) atoms. The van der Waals surface area contributed by atoms with Crippen LogP contribution in [-0.2, 0) is 13.0 Å². The molecule has 1 heterocycles. The van der Waals surface area contributed by atoms with E-state index in [0.717, 1.165) is 23.4 Å². The zero-order valence-corrected chi connectivity index (χ0v) is 17.0. The second-order valence-electron chi connectivity index (χ2n) is 7.10. The molecule has 0 aliphatic rings. The Morgan fingerprint density at radius 1 is 1.03 bits per heavy atom. The van der Waals surface area contributed by atoms with Crippen LogP contribution in [0.5, 0.6) is 0 Å². The Labute approximate surface area is 175 Å². The number of para-hydroxylation sites is 2. The number of carbonyl (C=O) groups excluding carboxylic acids is 1. The number of aromatic nitrogens is 2. The van der Waals surface area contributed by atoms with Crippen LogP contribution in [0.1, 0.15) is 27.3 Å². The van der Waals surface area contributed by atoms with Gasteiger partial charge in [0.1, 0.15) is 5.82 Å². The maximum Gasteiger partial charge on any atom is 0.251 e. The standard InChI is InChI=1S/C24H22ClN3O/c1-17-9-11-18(12-10-17)16-28-22-8-3-2-7-21(22)27-23(28)13-14-26-24(29)19-5-4-6-20(25)15-19/h2-12,15H,13-14,16H2,1H3,(H,26,29). The third kappa shape index (κ3) is 4.49. The fourth-order valence-electron chi connectivity index (χ4n) is 3.39. The summed E-state index contributed by atoms with van der Waals surface area (Å²) in [5.41, 5.74) is 5.10. The zero-order chi connectivity index (χ0) is 20.2. The van der Waals surface area contributed by atoms with Gasteiger partial charge >= 0.3 is 0 Å². The van der Waals surface area contributed by atoms with Gasteiger partial charge in [-0.05, 0) is 42.8 Å². The topological polar surface area (TPSA) is 46.9 Å². The highest BCUT2D eigenvalue weighted by Crippen LogP contribution is 2.19. The Morgan fingerprint density at radius 3 is 2.62 bits per heavy atom. The first-order valence-corrected chi connectivity index (χ1v) is 10.0. The van der Waals surface area contributed by atoms with Crippen molar-refractivity contribution >= 4 is 28.5 Å². The summed E-state index contributed by atoms with van der Waals surface area (Å²) in [4.78, 5) is 17.2. The molecule has 3 aromatic carbocycles. The van der Waals surface area contributed by atoms with Crippen LogP contribution in [0.25, 0.3) is 11.0 Å².